The van der Waals surface area contributed by atoms with Crippen molar-refractivity contribution in [2.75, 3.05) is 0 Å². The standard InChI is InChI=1S/C18H28O3Si/c1-17(2,3)22(4,5)21-18(14-19)11-16(12-18)20-13-15-9-7-6-8-10-15/h6-10,14,16H,11-13H2,1-5H3. The fraction of sp³-hybridized carbons (Fsp3) is 0.611. The molecule has 0 atom stereocenters. The molecule has 1 fully saturated rings. The van der Waals surface area contributed by atoms with Crippen molar-refractivity contribution in [2.24, 2.45) is 0 Å². The van der Waals surface area contributed by atoms with Gasteiger partial charge in [-0.25, -0.2) is 0 Å². The van der Waals surface area contributed by atoms with E-state index in [0.717, 1.165) is 11.8 Å². The van der Waals surface area contributed by atoms with Gasteiger partial charge in [0.2, 0.25) is 0 Å². The maximum atomic E-state index is 11.6. The SMILES string of the molecule is CC(C)(C)[Si](C)(C)OC1(C=O)CC(OCc2ccccc2)C1. The van der Waals surface area contributed by atoms with Crippen molar-refractivity contribution in [3.8, 4) is 0 Å². The molecule has 0 bridgehead atoms. The van der Waals surface area contributed by atoms with Crippen LogP contribution in [0.3, 0.4) is 0 Å². The molecule has 122 valence electrons. The average molecular weight is 321 g/mol. The van der Waals surface area contributed by atoms with Gasteiger partial charge in [0.1, 0.15) is 5.60 Å². The maximum absolute atomic E-state index is 11.6. The van der Waals surface area contributed by atoms with Gasteiger partial charge < -0.3 is 14.0 Å². The molecule has 0 radical (unpaired) electrons. The molecule has 0 aromatic heterocycles. The molecule has 1 saturated carbocycles. The first-order valence-corrected chi connectivity index (χ1v) is 10.9. The number of carbonyl (C=O) groups is 1. The molecule has 1 aliphatic carbocycles. The third kappa shape index (κ3) is 3.86. The molecule has 22 heavy (non-hydrogen) atoms. The van der Waals surface area contributed by atoms with Crippen LogP contribution in [0.15, 0.2) is 30.3 Å². The second-order valence-corrected chi connectivity index (χ2v) is 12.6. The Bertz CT molecular complexity index is 499. The number of hydrogen-bond donors (Lipinski definition) is 0. The predicted octanol–water partition coefficient (Wildman–Crippen LogP) is 4.33. The number of hydrogen-bond acceptors (Lipinski definition) is 3. The highest BCUT2D eigenvalue weighted by atomic mass is 28.4. The van der Waals surface area contributed by atoms with E-state index in [2.05, 4.69) is 46.0 Å². The molecule has 3 nitrogen and oxygen atoms in total. The van der Waals surface area contributed by atoms with Gasteiger partial charge in [0.05, 0.1) is 12.7 Å². The molecule has 0 spiro atoms. The zero-order valence-corrected chi connectivity index (χ0v) is 15.4. The normalized spacial score (nSPS) is 25.6. The Kier molecular flexibility index (Phi) is 4.95. The fourth-order valence-corrected chi connectivity index (χ4v) is 4.02. The van der Waals surface area contributed by atoms with E-state index in [1.54, 1.807) is 0 Å². The Morgan fingerprint density at radius 2 is 1.82 bits per heavy atom. The third-order valence-corrected chi connectivity index (χ3v) is 9.48. The van der Waals surface area contributed by atoms with Crippen molar-refractivity contribution in [1.82, 2.24) is 0 Å². The summed E-state index contributed by atoms with van der Waals surface area (Å²) in [6.07, 6.45) is 2.47. The number of carbonyl (C=O) groups excluding carboxylic acids is 1. The molecule has 0 N–H and O–H groups in total. The van der Waals surface area contributed by atoms with Crippen LogP contribution in [0, 0.1) is 0 Å². The lowest BCUT2D eigenvalue weighted by molar-refractivity contribution is -0.154. The lowest BCUT2D eigenvalue weighted by atomic mass is 9.79. The van der Waals surface area contributed by atoms with Gasteiger partial charge in [0, 0.05) is 12.8 Å². The minimum atomic E-state index is -1.93. The fourth-order valence-electron chi connectivity index (χ4n) is 2.48. The molecule has 1 aliphatic rings. The Labute approximate surface area is 135 Å². The Morgan fingerprint density at radius 1 is 1.23 bits per heavy atom. The first-order chi connectivity index (χ1) is 10.2. The maximum Gasteiger partial charge on any atom is 0.193 e. The van der Waals surface area contributed by atoms with Crippen LogP contribution in [0.2, 0.25) is 18.1 Å². The average Bonchev–Trinajstić information content (AvgIpc) is 2.41. The summed E-state index contributed by atoms with van der Waals surface area (Å²) < 4.78 is 12.2. The molecule has 0 saturated heterocycles. The summed E-state index contributed by atoms with van der Waals surface area (Å²) >= 11 is 0. The van der Waals surface area contributed by atoms with Crippen LogP contribution >= 0.6 is 0 Å². The smallest absolute Gasteiger partial charge is 0.193 e. The molecule has 1 aromatic carbocycles. The van der Waals surface area contributed by atoms with Gasteiger partial charge in [-0.05, 0) is 23.7 Å². The molecule has 2 rings (SSSR count). The first kappa shape index (κ1) is 17.4. The molecule has 1 aromatic rings. The Morgan fingerprint density at radius 3 is 2.32 bits per heavy atom. The van der Waals surface area contributed by atoms with E-state index >= 15 is 0 Å². The topological polar surface area (TPSA) is 35.5 Å². The van der Waals surface area contributed by atoms with Crippen LogP contribution < -0.4 is 0 Å². The second kappa shape index (κ2) is 6.26. The van der Waals surface area contributed by atoms with Gasteiger partial charge in [-0.15, -0.1) is 0 Å². The zero-order chi connectivity index (χ0) is 16.4. The zero-order valence-electron chi connectivity index (χ0n) is 14.4. The van der Waals surface area contributed by atoms with Crippen LogP contribution in [0.1, 0.15) is 39.2 Å². The molecule has 0 amide bonds. The van der Waals surface area contributed by atoms with E-state index in [1.165, 1.54) is 0 Å². The number of ether oxygens (including phenoxy) is 1. The summed E-state index contributed by atoms with van der Waals surface area (Å²) in [5, 5.41) is 0.110. The van der Waals surface area contributed by atoms with Crippen molar-refractivity contribution in [3.63, 3.8) is 0 Å². The largest absolute Gasteiger partial charge is 0.404 e. The van der Waals surface area contributed by atoms with E-state index < -0.39 is 13.9 Å². The lowest BCUT2D eigenvalue weighted by Gasteiger charge is -2.50. The van der Waals surface area contributed by atoms with E-state index in [-0.39, 0.29) is 11.1 Å². The summed E-state index contributed by atoms with van der Waals surface area (Å²) in [6, 6.07) is 10.1. The third-order valence-electron chi connectivity index (χ3n) is 4.95. The summed E-state index contributed by atoms with van der Waals surface area (Å²) in [4.78, 5) is 11.6. The van der Waals surface area contributed by atoms with E-state index in [9.17, 15) is 4.79 Å². The van der Waals surface area contributed by atoms with Gasteiger partial charge in [-0.1, -0.05) is 51.1 Å². The van der Waals surface area contributed by atoms with Crippen LogP contribution in [-0.4, -0.2) is 26.3 Å². The van der Waals surface area contributed by atoms with Gasteiger partial charge in [-0.3, -0.25) is 0 Å². The van der Waals surface area contributed by atoms with Crippen molar-refractivity contribution in [2.45, 2.75) is 70.1 Å². The van der Waals surface area contributed by atoms with Crippen molar-refractivity contribution in [3.05, 3.63) is 35.9 Å². The lowest BCUT2D eigenvalue weighted by Crippen LogP contribution is -2.58. The van der Waals surface area contributed by atoms with Crippen LogP contribution in [-0.2, 0) is 20.6 Å². The van der Waals surface area contributed by atoms with Gasteiger partial charge >= 0.3 is 0 Å². The second-order valence-electron chi connectivity index (χ2n) is 7.87. The number of aldehydes is 1. The monoisotopic (exact) mass is 320 g/mol. The summed E-state index contributed by atoms with van der Waals surface area (Å²) in [6.45, 7) is 11.6. The minimum absolute atomic E-state index is 0.110. The van der Waals surface area contributed by atoms with Crippen LogP contribution in [0.25, 0.3) is 0 Å². The number of benzene rings is 1. The van der Waals surface area contributed by atoms with E-state index in [1.807, 2.05) is 18.2 Å². The molecule has 0 unspecified atom stereocenters. The predicted molar refractivity (Wildman–Crippen MR) is 91.3 cm³/mol. The van der Waals surface area contributed by atoms with Gasteiger partial charge in [0.25, 0.3) is 0 Å². The molecular weight excluding hydrogens is 292 g/mol. The van der Waals surface area contributed by atoms with Crippen LogP contribution in [0.4, 0.5) is 0 Å². The Hall–Kier alpha value is -0.973. The Balaban J connectivity index is 1.87. The highest BCUT2D eigenvalue weighted by Gasteiger charge is 2.52. The summed E-state index contributed by atoms with van der Waals surface area (Å²) in [5.74, 6) is 0. The van der Waals surface area contributed by atoms with Crippen molar-refractivity contribution in [1.29, 1.82) is 0 Å². The van der Waals surface area contributed by atoms with Crippen molar-refractivity contribution >= 4 is 14.6 Å². The molecule has 0 aliphatic heterocycles. The minimum Gasteiger partial charge on any atom is -0.404 e. The van der Waals surface area contributed by atoms with E-state index in [0.29, 0.717) is 19.4 Å². The molecule has 4 heteroatoms. The van der Waals surface area contributed by atoms with Gasteiger partial charge in [0.15, 0.2) is 14.6 Å². The first-order valence-electron chi connectivity index (χ1n) is 7.99. The highest BCUT2D eigenvalue weighted by molar-refractivity contribution is 6.74. The highest BCUT2D eigenvalue weighted by Crippen LogP contribution is 2.45. The quantitative estimate of drug-likeness (QED) is 0.578. The summed E-state index contributed by atoms with van der Waals surface area (Å²) in [7, 11) is -1.93. The number of rotatable bonds is 6. The molecular formula is C18H28O3Si. The van der Waals surface area contributed by atoms with Crippen LogP contribution in [0.5, 0.6) is 0 Å². The van der Waals surface area contributed by atoms with E-state index in [4.69, 9.17) is 9.16 Å². The van der Waals surface area contributed by atoms with Gasteiger partial charge in [-0.2, -0.15) is 0 Å². The molecule has 0 heterocycles. The van der Waals surface area contributed by atoms with Crippen molar-refractivity contribution < 1.29 is 14.0 Å². The summed E-state index contributed by atoms with van der Waals surface area (Å²) in [5.41, 5.74) is 0.543.